The number of aromatic nitrogens is 2. The summed E-state index contributed by atoms with van der Waals surface area (Å²) in [5.41, 5.74) is 4.69. The number of rotatable bonds is 6. The predicted molar refractivity (Wildman–Crippen MR) is 128 cm³/mol. The lowest BCUT2D eigenvalue weighted by Crippen LogP contribution is -2.55. The lowest BCUT2D eigenvalue weighted by Gasteiger charge is -2.38. The number of hydrogen-bond donors (Lipinski definition) is 1. The van der Waals surface area contributed by atoms with Crippen LogP contribution in [0.25, 0.3) is 11.9 Å². The fourth-order valence-corrected chi connectivity index (χ4v) is 5.11. The molecule has 0 bridgehead atoms. The first-order valence-corrected chi connectivity index (χ1v) is 12.2. The van der Waals surface area contributed by atoms with Crippen molar-refractivity contribution in [3.8, 4) is 18.2 Å². The molecule has 10 heteroatoms. The average molecular weight is 489 g/mol. The Morgan fingerprint density at radius 1 is 1.32 bits per heavy atom. The van der Waals surface area contributed by atoms with E-state index in [1.165, 1.54) is 45.3 Å². The highest BCUT2D eigenvalue weighted by atomic mass is 32.2. The smallest absolute Gasteiger partial charge is 0.233 e. The summed E-state index contributed by atoms with van der Waals surface area (Å²) in [5.74, 6) is 0.668. The molecule has 3 rings (SSSR count). The van der Waals surface area contributed by atoms with Gasteiger partial charge in [0.25, 0.3) is 0 Å². The number of benzene rings is 1. The molecule has 0 aliphatic carbocycles. The van der Waals surface area contributed by atoms with Gasteiger partial charge in [0.05, 0.1) is 18.1 Å². The minimum atomic E-state index is -3.73. The molecule has 1 aromatic heterocycles. The Balaban J connectivity index is 1.94. The van der Waals surface area contributed by atoms with Crippen LogP contribution in [-0.2, 0) is 15.4 Å². The first kappa shape index (κ1) is 25.3. The molecular formula is C24H26F2N4O3S. The van der Waals surface area contributed by atoms with Crippen molar-refractivity contribution in [3.05, 3.63) is 53.2 Å². The number of amidine groups is 1. The maximum atomic E-state index is 14.9. The summed E-state index contributed by atoms with van der Waals surface area (Å²) in [4.78, 5) is 12.3. The number of aliphatic imine (C=N–C) groups is 1. The van der Waals surface area contributed by atoms with Gasteiger partial charge in [-0.15, -0.1) is 6.42 Å². The topological polar surface area (TPSA) is 108 Å². The van der Waals surface area contributed by atoms with E-state index in [-0.39, 0.29) is 28.5 Å². The van der Waals surface area contributed by atoms with Gasteiger partial charge in [-0.1, -0.05) is 18.9 Å². The third-order valence-electron chi connectivity index (χ3n) is 5.79. The Kier molecular flexibility index (Phi) is 6.80. The zero-order valence-corrected chi connectivity index (χ0v) is 20.2. The van der Waals surface area contributed by atoms with Gasteiger partial charge < -0.3 is 10.5 Å². The largest absolute Gasteiger partial charge is 0.460 e. The molecule has 2 unspecified atom stereocenters. The van der Waals surface area contributed by atoms with Crippen LogP contribution >= 0.6 is 0 Å². The second-order valence-electron chi connectivity index (χ2n) is 8.69. The van der Waals surface area contributed by atoms with Gasteiger partial charge >= 0.3 is 0 Å². The monoisotopic (exact) mass is 488 g/mol. The molecule has 0 saturated heterocycles. The molecule has 180 valence electrons. The van der Waals surface area contributed by atoms with Crippen molar-refractivity contribution in [2.24, 2.45) is 10.7 Å². The lowest BCUT2D eigenvalue weighted by atomic mass is 9.91. The minimum Gasteiger partial charge on any atom is -0.460 e. The van der Waals surface area contributed by atoms with Gasteiger partial charge in [0, 0.05) is 5.56 Å². The van der Waals surface area contributed by atoms with E-state index in [4.69, 9.17) is 16.9 Å². The summed E-state index contributed by atoms with van der Waals surface area (Å²) in [7, 11) is -3.73. The number of halogens is 2. The predicted octanol–water partition coefficient (Wildman–Crippen LogP) is 3.65. The normalized spacial score (nSPS) is 22.4. The number of sulfone groups is 1. The molecule has 0 spiro atoms. The maximum absolute atomic E-state index is 14.9. The molecule has 1 aliphatic heterocycles. The van der Waals surface area contributed by atoms with Crippen molar-refractivity contribution < 1.29 is 21.9 Å². The van der Waals surface area contributed by atoms with Gasteiger partial charge in [0.1, 0.15) is 27.6 Å². The molecular weight excluding hydrogens is 462 g/mol. The highest BCUT2D eigenvalue weighted by Gasteiger charge is 2.49. The Bertz CT molecular complexity index is 1300. The van der Waals surface area contributed by atoms with Crippen LogP contribution in [0, 0.1) is 18.2 Å². The van der Waals surface area contributed by atoms with Crippen molar-refractivity contribution in [1.29, 1.82) is 0 Å². The molecule has 34 heavy (non-hydrogen) atoms. The Labute approximate surface area is 198 Å². The summed E-state index contributed by atoms with van der Waals surface area (Å²) in [6.45, 7) is 6.25. The van der Waals surface area contributed by atoms with Crippen LogP contribution in [0.1, 0.15) is 50.9 Å². The Hall–Kier alpha value is -3.32. The standard InChI is InChI=1S/C24H26F2N4O3S/c1-6-16(7-2)33-21-13-28-20(12-29-21)19(26)11-15-8-9-18(25)17(10-15)24(5)14-34(31,32)23(3,4)22(27)30-24/h1,8-13,16H,7,14H2,2-5H3,(H2,27,30)/b19-11-. The van der Waals surface area contributed by atoms with Gasteiger partial charge in [-0.2, -0.15) is 0 Å². The summed E-state index contributed by atoms with van der Waals surface area (Å²) in [6, 6.07) is 3.84. The second kappa shape index (κ2) is 9.14. The van der Waals surface area contributed by atoms with Crippen LogP contribution in [0.2, 0.25) is 0 Å². The average Bonchev–Trinajstić information content (AvgIpc) is 2.77. The van der Waals surface area contributed by atoms with Crippen molar-refractivity contribution in [2.75, 3.05) is 5.75 Å². The highest BCUT2D eigenvalue weighted by Crippen LogP contribution is 2.38. The molecule has 1 aromatic carbocycles. The van der Waals surface area contributed by atoms with E-state index in [1.54, 1.807) is 0 Å². The number of nitrogens with zero attached hydrogens (tertiary/aromatic N) is 3. The zero-order chi connectivity index (χ0) is 25.3. The van der Waals surface area contributed by atoms with Crippen molar-refractivity contribution >= 4 is 27.6 Å². The van der Waals surface area contributed by atoms with Crippen molar-refractivity contribution in [3.63, 3.8) is 0 Å². The molecule has 0 amide bonds. The molecule has 0 radical (unpaired) electrons. The van der Waals surface area contributed by atoms with E-state index in [0.717, 1.165) is 12.1 Å². The number of ether oxygens (including phenoxy) is 1. The zero-order valence-electron chi connectivity index (χ0n) is 19.3. The summed E-state index contributed by atoms with van der Waals surface area (Å²) >= 11 is 0. The Morgan fingerprint density at radius 2 is 2.03 bits per heavy atom. The van der Waals surface area contributed by atoms with E-state index >= 15 is 0 Å². The number of nitrogens with two attached hydrogens (primary N) is 1. The van der Waals surface area contributed by atoms with Crippen LogP contribution < -0.4 is 10.5 Å². The van der Waals surface area contributed by atoms with E-state index in [9.17, 15) is 17.2 Å². The van der Waals surface area contributed by atoms with Gasteiger partial charge in [-0.3, -0.25) is 4.99 Å². The van der Waals surface area contributed by atoms with Crippen LogP contribution in [0.4, 0.5) is 8.78 Å². The third kappa shape index (κ3) is 4.80. The van der Waals surface area contributed by atoms with Crippen LogP contribution in [-0.4, -0.2) is 40.8 Å². The summed E-state index contributed by atoms with van der Waals surface area (Å²) in [5, 5.41) is 0. The van der Waals surface area contributed by atoms with E-state index < -0.39 is 43.6 Å². The SMILES string of the molecule is C#CC(CC)Oc1cnc(/C(F)=C/c2ccc(F)c(C3(C)CS(=O)(=O)C(C)(C)C(N)=N3)c2)cn1. The van der Waals surface area contributed by atoms with Gasteiger partial charge in [0.15, 0.2) is 21.8 Å². The van der Waals surface area contributed by atoms with E-state index in [1.807, 2.05) is 6.92 Å². The van der Waals surface area contributed by atoms with Crippen LogP contribution in [0.15, 0.2) is 35.6 Å². The maximum Gasteiger partial charge on any atom is 0.233 e. The number of hydrogen-bond acceptors (Lipinski definition) is 7. The third-order valence-corrected chi connectivity index (χ3v) is 8.50. The lowest BCUT2D eigenvalue weighted by molar-refractivity contribution is 0.243. The molecule has 0 saturated carbocycles. The van der Waals surface area contributed by atoms with E-state index in [0.29, 0.717) is 6.42 Å². The molecule has 2 atom stereocenters. The molecule has 0 fully saturated rings. The van der Waals surface area contributed by atoms with Gasteiger partial charge in [0.2, 0.25) is 5.88 Å². The van der Waals surface area contributed by atoms with E-state index in [2.05, 4.69) is 20.9 Å². The van der Waals surface area contributed by atoms with Gasteiger partial charge in [-0.05, 0) is 51.0 Å². The van der Waals surface area contributed by atoms with Gasteiger partial charge in [-0.25, -0.2) is 27.2 Å². The van der Waals surface area contributed by atoms with Crippen LogP contribution in [0.5, 0.6) is 5.88 Å². The first-order valence-electron chi connectivity index (χ1n) is 10.5. The first-order chi connectivity index (χ1) is 15.8. The second-order valence-corrected chi connectivity index (χ2v) is 11.2. The number of terminal acetylenes is 1. The summed E-state index contributed by atoms with van der Waals surface area (Å²) in [6.07, 6.45) is 9.05. The van der Waals surface area contributed by atoms with Crippen LogP contribution in [0.3, 0.4) is 0 Å². The van der Waals surface area contributed by atoms with Crippen molar-refractivity contribution in [1.82, 2.24) is 9.97 Å². The minimum absolute atomic E-state index is 0.00852. The molecule has 1 aliphatic rings. The molecule has 2 N–H and O–H groups in total. The fourth-order valence-electron chi connectivity index (χ4n) is 3.43. The Morgan fingerprint density at radius 3 is 2.59 bits per heavy atom. The molecule has 2 heterocycles. The highest BCUT2D eigenvalue weighted by molar-refractivity contribution is 7.93. The quantitative estimate of drug-likeness (QED) is 0.622. The fraction of sp³-hybridized carbons (Fsp3) is 0.375. The summed E-state index contributed by atoms with van der Waals surface area (Å²) < 4.78 is 59.3. The molecule has 2 aromatic rings. The molecule has 7 nitrogen and oxygen atoms in total. The van der Waals surface area contributed by atoms with Crippen molar-refractivity contribution in [2.45, 2.75) is 50.5 Å².